The Hall–Kier alpha value is -3.23. The van der Waals surface area contributed by atoms with Gasteiger partial charge in [0.1, 0.15) is 17.6 Å². The smallest absolute Gasteiger partial charge is 0.341 e. The second-order valence-electron chi connectivity index (χ2n) is 8.46. The highest BCUT2D eigenvalue weighted by molar-refractivity contribution is 6.30. The summed E-state index contributed by atoms with van der Waals surface area (Å²) in [5.74, 6) is 1.79. The van der Waals surface area contributed by atoms with E-state index in [1.54, 1.807) is 24.4 Å². The molecular formula is C22H20ClF3N8. The molecule has 0 amide bonds. The van der Waals surface area contributed by atoms with Crippen LogP contribution in [-0.4, -0.2) is 55.4 Å². The maximum Gasteiger partial charge on any atom is 0.401 e. The molecule has 5 rings (SSSR count). The van der Waals surface area contributed by atoms with Gasteiger partial charge in [-0.25, -0.2) is 9.97 Å². The molecule has 2 aliphatic rings. The van der Waals surface area contributed by atoms with Crippen LogP contribution in [0.3, 0.4) is 0 Å². The molecule has 176 valence electrons. The third-order valence-corrected chi connectivity index (χ3v) is 6.33. The molecule has 0 atom stereocenters. The maximum absolute atomic E-state index is 13.2. The SMILES string of the molecule is N#Cc1ccnc(N2CCC(c3nnc4n3-c3ccc(Cl)cc3CN(CC(F)(F)F)C4)CC2)n1. The van der Waals surface area contributed by atoms with E-state index in [1.807, 2.05) is 21.6 Å². The van der Waals surface area contributed by atoms with E-state index >= 15 is 0 Å². The van der Waals surface area contributed by atoms with Crippen LogP contribution in [0.5, 0.6) is 0 Å². The lowest BCUT2D eigenvalue weighted by Gasteiger charge is -2.31. The molecule has 0 aliphatic carbocycles. The Morgan fingerprint density at radius 3 is 2.65 bits per heavy atom. The molecule has 1 aromatic carbocycles. The lowest BCUT2D eigenvalue weighted by molar-refractivity contribution is -0.148. The lowest BCUT2D eigenvalue weighted by Crippen LogP contribution is -2.35. The summed E-state index contributed by atoms with van der Waals surface area (Å²) in [6, 6.07) is 8.85. The summed E-state index contributed by atoms with van der Waals surface area (Å²) in [6.45, 7) is 0.432. The molecule has 1 fully saturated rings. The predicted molar refractivity (Wildman–Crippen MR) is 117 cm³/mol. The van der Waals surface area contributed by atoms with E-state index in [0.717, 1.165) is 24.4 Å². The highest BCUT2D eigenvalue weighted by Crippen LogP contribution is 2.34. The van der Waals surface area contributed by atoms with Gasteiger partial charge in [-0.3, -0.25) is 9.47 Å². The zero-order valence-corrected chi connectivity index (χ0v) is 18.8. The summed E-state index contributed by atoms with van der Waals surface area (Å²) in [5.41, 5.74) is 1.78. The van der Waals surface area contributed by atoms with Crippen LogP contribution in [0.2, 0.25) is 5.02 Å². The van der Waals surface area contributed by atoms with Crippen LogP contribution < -0.4 is 4.90 Å². The lowest BCUT2D eigenvalue weighted by atomic mass is 9.95. The number of nitriles is 1. The first-order chi connectivity index (χ1) is 16.3. The van der Waals surface area contributed by atoms with Gasteiger partial charge in [-0.15, -0.1) is 10.2 Å². The normalized spacial score (nSPS) is 17.1. The zero-order chi connectivity index (χ0) is 23.9. The molecule has 0 bridgehead atoms. The van der Waals surface area contributed by atoms with E-state index in [2.05, 4.69) is 20.2 Å². The van der Waals surface area contributed by atoms with Gasteiger partial charge >= 0.3 is 6.18 Å². The van der Waals surface area contributed by atoms with Crippen LogP contribution in [0.25, 0.3) is 5.69 Å². The number of halogens is 4. The Bertz CT molecular complexity index is 1240. The number of benzene rings is 1. The number of hydrogen-bond donors (Lipinski definition) is 0. The minimum Gasteiger partial charge on any atom is -0.341 e. The van der Waals surface area contributed by atoms with Gasteiger partial charge in [-0.2, -0.15) is 18.4 Å². The summed E-state index contributed by atoms with van der Waals surface area (Å²) in [7, 11) is 0. The van der Waals surface area contributed by atoms with E-state index in [1.165, 1.54) is 4.90 Å². The zero-order valence-electron chi connectivity index (χ0n) is 18.0. The molecule has 12 heteroatoms. The Morgan fingerprint density at radius 2 is 1.91 bits per heavy atom. The highest BCUT2D eigenvalue weighted by atomic mass is 35.5. The molecule has 8 nitrogen and oxygen atoms in total. The molecule has 0 N–H and O–H groups in total. The van der Waals surface area contributed by atoms with Gasteiger partial charge in [0.15, 0.2) is 5.82 Å². The second-order valence-corrected chi connectivity index (χ2v) is 8.89. The average molecular weight is 489 g/mol. The van der Waals surface area contributed by atoms with E-state index in [-0.39, 0.29) is 19.0 Å². The number of alkyl halides is 3. The van der Waals surface area contributed by atoms with Gasteiger partial charge in [-0.05, 0) is 42.7 Å². The van der Waals surface area contributed by atoms with Crippen LogP contribution in [0.1, 0.15) is 41.7 Å². The van der Waals surface area contributed by atoms with Crippen molar-refractivity contribution in [1.29, 1.82) is 5.26 Å². The monoisotopic (exact) mass is 488 g/mol. The summed E-state index contributed by atoms with van der Waals surface area (Å²) >= 11 is 6.18. The van der Waals surface area contributed by atoms with E-state index in [0.29, 0.717) is 41.1 Å². The van der Waals surface area contributed by atoms with Gasteiger partial charge in [0.25, 0.3) is 0 Å². The van der Waals surface area contributed by atoms with Crippen LogP contribution in [-0.2, 0) is 13.1 Å². The first-order valence-electron chi connectivity index (χ1n) is 10.8. The molecule has 0 unspecified atom stereocenters. The minimum atomic E-state index is -4.32. The summed E-state index contributed by atoms with van der Waals surface area (Å²) < 4.78 is 41.4. The fraction of sp³-hybridized carbons (Fsp3) is 0.409. The van der Waals surface area contributed by atoms with Gasteiger partial charge in [-0.1, -0.05) is 11.6 Å². The molecule has 0 spiro atoms. The predicted octanol–water partition coefficient (Wildman–Crippen LogP) is 3.84. The van der Waals surface area contributed by atoms with Crippen LogP contribution in [0, 0.1) is 11.3 Å². The van der Waals surface area contributed by atoms with E-state index in [9.17, 15) is 13.2 Å². The van der Waals surface area contributed by atoms with Gasteiger partial charge in [0.2, 0.25) is 5.95 Å². The van der Waals surface area contributed by atoms with Crippen molar-refractivity contribution in [1.82, 2.24) is 29.6 Å². The molecule has 0 radical (unpaired) electrons. The second kappa shape index (κ2) is 8.85. The molecule has 4 heterocycles. The number of nitrogens with zero attached hydrogens (tertiary/aromatic N) is 8. The number of anilines is 1. The van der Waals surface area contributed by atoms with Crippen molar-refractivity contribution >= 4 is 17.5 Å². The average Bonchev–Trinajstić information content (AvgIpc) is 3.15. The maximum atomic E-state index is 13.2. The van der Waals surface area contributed by atoms with Crippen molar-refractivity contribution in [2.45, 2.75) is 38.0 Å². The number of aromatic nitrogens is 5. The van der Waals surface area contributed by atoms with Gasteiger partial charge in [0.05, 0.1) is 18.8 Å². The number of hydrogen-bond acceptors (Lipinski definition) is 7. The van der Waals surface area contributed by atoms with Crippen molar-refractivity contribution in [2.75, 3.05) is 24.5 Å². The third-order valence-electron chi connectivity index (χ3n) is 6.10. The van der Waals surface area contributed by atoms with Crippen LogP contribution >= 0.6 is 11.6 Å². The Kier molecular flexibility index (Phi) is 5.87. The number of rotatable bonds is 3. The quantitative estimate of drug-likeness (QED) is 0.553. The fourth-order valence-electron chi connectivity index (χ4n) is 4.62. The molecule has 1 saturated heterocycles. The van der Waals surface area contributed by atoms with Gasteiger partial charge in [0, 0.05) is 36.8 Å². The van der Waals surface area contributed by atoms with Gasteiger partial charge < -0.3 is 4.90 Å². The molecule has 2 aliphatic heterocycles. The van der Waals surface area contributed by atoms with Crippen LogP contribution in [0.4, 0.5) is 19.1 Å². The first kappa shape index (κ1) is 22.6. The van der Waals surface area contributed by atoms with Crippen molar-refractivity contribution in [2.24, 2.45) is 0 Å². The van der Waals surface area contributed by atoms with E-state index < -0.39 is 12.7 Å². The van der Waals surface area contributed by atoms with Crippen molar-refractivity contribution in [3.05, 3.63) is 58.4 Å². The van der Waals surface area contributed by atoms with Crippen molar-refractivity contribution in [3.8, 4) is 11.8 Å². The van der Waals surface area contributed by atoms with E-state index in [4.69, 9.17) is 16.9 Å². The minimum absolute atomic E-state index is 0.0342. The van der Waals surface area contributed by atoms with Crippen molar-refractivity contribution < 1.29 is 13.2 Å². The fourth-order valence-corrected chi connectivity index (χ4v) is 4.82. The first-order valence-corrected chi connectivity index (χ1v) is 11.2. The molecule has 2 aromatic heterocycles. The Labute approximate surface area is 198 Å². The topological polar surface area (TPSA) is 86.8 Å². The van der Waals surface area contributed by atoms with Crippen LogP contribution in [0.15, 0.2) is 30.5 Å². The Morgan fingerprint density at radius 1 is 1.12 bits per heavy atom. The third kappa shape index (κ3) is 4.56. The summed E-state index contributed by atoms with van der Waals surface area (Å²) in [6.07, 6.45) is -1.27. The standard InChI is InChI=1S/C22H20ClF3N8/c23-16-1-2-18-15(9-16)11-32(13-22(24,25)26)12-19-30-31-20(34(18)19)14-4-7-33(8-5-14)21-28-6-3-17(10-27)29-21/h1-3,6,9,14H,4-5,7-8,11-13H2. The van der Waals surface area contributed by atoms with Crippen molar-refractivity contribution in [3.63, 3.8) is 0 Å². The Balaban J connectivity index is 1.43. The highest BCUT2D eigenvalue weighted by Gasteiger charge is 2.35. The molecule has 34 heavy (non-hydrogen) atoms. The molecule has 3 aromatic rings. The number of fused-ring (bicyclic) bond motifs is 3. The molecular weight excluding hydrogens is 469 g/mol. The summed E-state index contributed by atoms with van der Waals surface area (Å²) in [5, 5.41) is 18.3. The largest absolute Gasteiger partial charge is 0.401 e. The number of piperidine rings is 1. The summed E-state index contributed by atoms with van der Waals surface area (Å²) in [4.78, 5) is 11.9. The molecule has 0 saturated carbocycles.